The third kappa shape index (κ3) is 2.53. The van der Waals surface area contributed by atoms with Crippen molar-refractivity contribution < 1.29 is 9.13 Å². The van der Waals surface area contributed by atoms with E-state index in [2.05, 4.69) is 5.32 Å². The number of nitrogens with one attached hydrogen (secondary N) is 1. The minimum absolute atomic E-state index is 0.179. The van der Waals surface area contributed by atoms with E-state index in [-0.39, 0.29) is 5.82 Å². The second kappa shape index (κ2) is 4.53. The number of halogens is 1. The molecule has 0 aromatic heterocycles. The monoisotopic (exact) mass is 195 g/mol. The standard InChI is InChI=1S/C11H14FNO/c12-10-3-1-9(2-4-10)7-11-8-14-6-5-13-11/h1-4,11,13H,5-8H2/t11-/m1/s1. The first-order valence-electron chi connectivity index (χ1n) is 4.90. The highest BCUT2D eigenvalue weighted by Gasteiger charge is 2.12. The molecule has 0 radical (unpaired) electrons. The summed E-state index contributed by atoms with van der Waals surface area (Å²) in [6.45, 7) is 2.45. The Balaban J connectivity index is 1.92. The van der Waals surface area contributed by atoms with Crippen molar-refractivity contribution in [1.29, 1.82) is 0 Å². The zero-order valence-electron chi connectivity index (χ0n) is 8.00. The molecule has 2 nitrogen and oxygen atoms in total. The summed E-state index contributed by atoms with van der Waals surface area (Å²) < 4.78 is 18.0. The lowest BCUT2D eigenvalue weighted by molar-refractivity contribution is 0.0770. The number of hydrogen-bond donors (Lipinski definition) is 1. The van der Waals surface area contributed by atoms with Gasteiger partial charge in [-0.1, -0.05) is 12.1 Å². The predicted octanol–water partition coefficient (Wildman–Crippen LogP) is 1.36. The van der Waals surface area contributed by atoms with E-state index in [4.69, 9.17) is 4.74 Å². The van der Waals surface area contributed by atoms with Crippen molar-refractivity contribution in [3.8, 4) is 0 Å². The molecule has 1 saturated heterocycles. The lowest BCUT2D eigenvalue weighted by Gasteiger charge is -2.23. The van der Waals surface area contributed by atoms with Gasteiger partial charge in [-0.2, -0.15) is 0 Å². The normalized spacial score (nSPS) is 22.2. The van der Waals surface area contributed by atoms with E-state index in [1.807, 2.05) is 12.1 Å². The van der Waals surface area contributed by atoms with Gasteiger partial charge in [0.1, 0.15) is 5.82 Å². The van der Waals surface area contributed by atoms with Crippen LogP contribution in [0.25, 0.3) is 0 Å². The Morgan fingerprint density at radius 1 is 1.36 bits per heavy atom. The largest absolute Gasteiger partial charge is 0.379 e. The maximum absolute atomic E-state index is 12.6. The molecule has 1 heterocycles. The van der Waals surface area contributed by atoms with E-state index in [1.165, 1.54) is 12.1 Å². The highest BCUT2D eigenvalue weighted by molar-refractivity contribution is 5.17. The van der Waals surface area contributed by atoms with Gasteiger partial charge in [0.2, 0.25) is 0 Å². The molecule has 0 unspecified atom stereocenters. The molecule has 0 spiro atoms. The summed E-state index contributed by atoms with van der Waals surface area (Å²) in [6.07, 6.45) is 0.903. The average Bonchev–Trinajstić information content (AvgIpc) is 2.23. The zero-order chi connectivity index (χ0) is 9.80. The third-order valence-electron chi connectivity index (χ3n) is 2.39. The lowest BCUT2D eigenvalue weighted by atomic mass is 10.1. The molecule has 1 aliphatic heterocycles. The summed E-state index contributed by atoms with van der Waals surface area (Å²) in [7, 11) is 0. The number of rotatable bonds is 2. The topological polar surface area (TPSA) is 21.3 Å². The minimum Gasteiger partial charge on any atom is -0.379 e. The zero-order valence-corrected chi connectivity index (χ0v) is 8.00. The van der Waals surface area contributed by atoms with E-state index in [0.717, 1.165) is 31.7 Å². The van der Waals surface area contributed by atoms with Crippen LogP contribution in [0.5, 0.6) is 0 Å². The van der Waals surface area contributed by atoms with Crippen molar-refractivity contribution in [1.82, 2.24) is 5.32 Å². The van der Waals surface area contributed by atoms with Crippen molar-refractivity contribution in [3.05, 3.63) is 35.6 Å². The van der Waals surface area contributed by atoms with Gasteiger partial charge < -0.3 is 10.1 Å². The van der Waals surface area contributed by atoms with Crippen LogP contribution in [0.3, 0.4) is 0 Å². The van der Waals surface area contributed by atoms with E-state index in [9.17, 15) is 4.39 Å². The summed E-state index contributed by atoms with van der Waals surface area (Å²) in [6, 6.07) is 7.02. The summed E-state index contributed by atoms with van der Waals surface area (Å²) in [4.78, 5) is 0. The summed E-state index contributed by atoms with van der Waals surface area (Å²) in [5.74, 6) is -0.179. The van der Waals surface area contributed by atoms with Gasteiger partial charge in [0.05, 0.1) is 13.2 Å². The fraction of sp³-hybridized carbons (Fsp3) is 0.455. The Morgan fingerprint density at radius 3 is 2.79 bits per heavy atom. The molecule has 76 valence electrons. The van der Waals surface area contributed by atoms with Gasteiger partial charge >= 0.3 is 0 Å². The molecule has 1 atom stereocenters. The quantitative estimate of drug-likeness (QED) is 0.769. The van der Waals surface area contributed by atoms with Gasteiger partial charge in [0.25, 0.3) is 0 Å². The second-order valence-corrected chi connectivity index (χ2v) is 3.56. The maximum atomic E-state index is 12.6. The van der Waals surface area contributed by atoms with Crippen molar-refractivity contribution in [2.24, 2.45) is 0 Å². The van der Waals surface area contributed by atoms with Crippen LogP contribution in [0.4, 0.5) is 4.39 Å². The van der Waals surface area contributed by atoms with Gasteiger partial charge in [-0.25, -0.2) is 4.39 Å². The Labute approximate surface area is 83.1 Å². The summed E-state index contributed by atoms with van der Waals surface area (Å²) >= 11 is 0. The van der Waals surface area contributed by atoms with E-state index < -0.39 is 0 Å². The van der Waals surface area contributed by atoms with Gasteiger partial charge in [-0.3, -0.25) is 0 Å². The van der Waals surface area contributed by atoms with Crippen LogP contribution in [0.1, 0.15) is 5.56 Å². The van der Waals surface area contributed by atoms with E-state index in [1.54, 1.807) is 0 Å². The van der Waals surface area contributed by atoms with Gasteiger partial charge in [-0.05, 0) is 24.1 Å². The highest BCUT2D eigenvalue weighted by atomic mass is 19.1. The van der Waals surface area contributed by atoms with Crippen molar-refractivity contribution in [2.45, 2.75) is 12.5 Å². The SMILES string of the molecule is Fc1ccc(C[C@@H]2COCCN2)cc1. The van der Waals surface area contributed by atoms with Crippen molar-refractivity contribution >= 4 is 0 Å². The predicted molar refractivity (Wildman–Crippen MR) is 52.7 cm³/mol. The first-order chi connectivity index (χ1) is 6.84. The molecular weight excluding hydrogens is 181 g/mol. The number of hydrogen-bond acceptors (Lipinski definition) is 2. The van der Waals surface area contributed by atoms with Crippen molar-refractivity contribution in [3.63, 3.8) is 0 Å². The Hall–Kier alpha value is -0.930. The molecule has 1 fully saturated rings. The third-order valence-corrected chi connectivity index (χ3v) is 2.39. The fourth-order valence-electron chi connectivity index (χ4n) is 1.66. The van der Waals surface area contributed by atoms with Crippen LogP contribution < -0.4 is 5.32 Å². The molecule has 1 N–H and O–H groups in total. The average molecular weight is 195 g/mol. The molecule has 14 heavy (non-hydrogen) atoms. The molecule has 1 aromatic carbocycles. The van der Waals surface area contributed by atoms with Crippen LogP contribution in [-0.2, 0) is 11.2 Å². The molecule has 1 aliphatic rings. The molecule has 0 bridgehead atoms. The number of morpholine rings is 1. The lowest BCUT2D eigenvalue weighted by Crippen LogP contribution is -2.42. The Kier molecular flexibility index (Phi) is 3.11. The number of ether oxygens (including phenoxy) is 1. The summed E-state index contributed by atoms with van der Waals surface area (Å²) in [5, 5.41) is 3.36. The van der Waals surface area contributed by atoms with Crippen LogP contribution in [0.15, 0.2) is 24.3 Å². The van der Waals surface area contributed by atoms with Crippen LogP contribution in [0.2, 0.25) is 0 Å². The molecule has 1 aromatic rings. The van der Waals surface area contributed by atoms with Gasteiger partial charge in [-0.15, -0.1) is 0 Å². The van der Waals surface area contributed by atoms with Crippen LogP contribution in [0, 0.1) is 5.82 Å². The molecule has 0 aliphatic carbocycles. The molecule has 0 amide bonds. The highest BCUT2D eigenvalue weighted by Crippen LogP contribution is 2.07. The van der Waals surface area contributed by atoms with E-state index >= 15 is 0 Å². The van der Waals surface area contributed by atoms with Gasteiger partial charge in [0, 0.05) is 12.6 Å². The smallest absolute Gasteiger partial charge is 0.123 e. The molecule has 0 saturated carbocycles. The first-order valence-corrected chi connectivity index (χ1v) is 4.90. The molecular formula is C11H14FNO. The minimum atomic E-state index is -0.179. The van der Waals surface area contributed by atoms with Crippen LogP contribution in [-0.4, -0.2) is 25.8 Å². The molecule has 3 heteroatoms. The first kappa shape index (κ1) is 9.62. The maximum Gasteiger partial charge on any atom is 0.123 e. The summed E-state index contributed by atoms with van der Waals surface area (Å²) in [5.41, 5.74) is 1.15. The van der Waals surface area contributed by atoms with Crippen LogP contribution >= 0.6 is 0 Å². The van der Waals surface area contributed by atoms with Crippen molar-refractivity contribution in [2.75, 3.05) is 19.8 Å². The number of benzene rings is 1. The second-order valence-electron chi connectivity index (χ2n) is 3.56. The van der Waals surface area contributed by atoms with E-state index in [0.29, 0.717) is 6.04 Å². The Morgan fingerprint density at radius 2 is 2.14 bits per heavy atom. The fourth-order valence-corrected chi connectivity index (χ4v) is 1.66. The molecule has 2 rings (SSSR count). The Bertz CT molecular complexity index is 280. The van der Waals surface area contributed by atoms with Gasteiger partial charge in [0.15, 0.2) is 0 Å².